The lowest BCUT2D eigenvalue weighted by atomic mass is 10.3. The number of hydrogen-bond acceptors (Lipinski definition) is 7. The van der Waals surface area contributed by atoms with Gasteiger partial charge in [-0.05, 0) is 36.9 Å². The topological polar surface area (TPSA) is 119 Å². The molecule has 0 radical (unpaired) electrons. The summed E-state index contributed by atoms with van der Waals surface area (Å²) in [6.07, 6.45) is -0.760. The standard InChI is InChI=1S/C18H20N2O6S2/c1-2-26-18(23)20-16(22)14-10-11-27-17(14)19-15(21)9-6-12-28(24,25)13-7-4-3-5-8-13/h3-5,7-8,10-11H,2,6,9,12H2,1H3,(H,19,21)(H,20,22,23). The van der Waals surface area contributed by atoms with Crippen LogP contribution in [-0.2, 0) is 19.4 Å². The van der Waals surface area contributed by atoms with Crippen molar-refractivity contribution in [3.8, 4) is 0 Å². The molecular weight excluding hydrogens is 404 g/mol. The number of anilines is 1. The highest BCUT2D eigenvalue weighted by Crippen LogP contribution is 2.23. The second-order valence-corrected chi connectivity index (χ2v) is 8.65. The third-order valence-corrected chi connectivity index (χ3v) is 6.22. The van der Waals surface area contributed by atoms with Crippen molar-refractivity contribution in [3.63, 3.8) is 0 Å². The second-order valence-electron chi connectivity index (χ2n) is 5.62. The number of nitrogens with one attached hydrogen (secondary N) is 2. The van der Waals surface area contributed by atoms with E-state index in [1.807, 2.05) is 0 Å². The zero-order valence-electron chi connectivity index (χ0n) is 15.1. The van der Waals surface area contributed by atoms with Gasteiger partial charge in [-0.3, -0.25) is 14.9 Å². The molecule has 0 aliphatic carbocycles. The minimum absolute atomic E-state index is 0.0249. The van der Waals surface area contributed by atoms with Gasteiger partial charge in [0.2, 0.25) is 5.91 Å². The first-order valence-corrected chi connectivity index (χ1v) is 11.0. The Morgan fingerprint density at radius 2 is 1.82 bits per heavy atom. The predicted molar refractivity (Wildman–Crippen MR) is 105 cm³/mol. The largest absolute Gasteiger partial charge is 0.450 e. The molecule has 1 heterocycles. The normalized spacial score (nSPS) is 10.9. The summed E-state index contributed by atoms with van der Waals surface area (Å²) in [6, 6.07) is 9.49. The van der Waals surface area contributed by atoms with E-state index in [1.54, 1.807) is 30.5 Å². The van der Waals surface area contributed by atoms with Crippen molar-refractivity contribution < 1.29 is 27.5 Å². The molecule has 2 N–H and O–H groups in total. The van der Waals surface area contributed by atoms with E-state index in [-0.39, 0.29) is 40.7 Å². The summed E-state index contributed by atoms with van der Waals surface area (Å²) in [5.41, 5.74) is 0.128. The van der Waals surface area contributed by atoms with Gasteiger partial charge >= 0.3 is 6.09 Å². The first-order valence-electron chi connectivity index (χ1n) is 8.46. The molecule has 2 aromatic rings. The lowest BCUT2D eigenvalue weighted by molar-refractivity contribution is -0.116. The Balaban J connectivity index is 1.88. The number of thiophene rings is 1. The van der Waals surface area contributed by atoms with Crippen LogP contribution >= 0.6 is 11.3 Å². The summed E-state index contributed by atoms with van der Waals surface area (Å²) in [6.45, 7) is 1.73. The summed E-state index contributed by atoms with van der Waals surface area (Å²) in [4.78, 5) is 35.7. The number of rotatable bonds is 8. The zero-order chi connectivity index (χ0) is 20.6. The number of amides is 3. The number of alkyl carbamates (subject to hydrolysis) is 1. The Morgan fingerprint density at radius 1 is 1.11 bits per heavy atom. The smallest absolute Gasteiger partial charge is 0.414 e. The quantitative estimate of drug-likeness (QED) is 0.673. The Bertz CT molecular complexity index is 938. The lowest BCUT2D eigenvalue weighted by Gasteiger charge is -2.07. The van der Waals surface area contributed by atoms with Crippen molar-refractivity contribution in [2.24, 2.45) is 0 Å². The Morgan fingerprint density at radius 3 is 2.50 bits per heavy atom. The molecular formula is C18H20N2O6S2. The van der Waals surface area contributed by atoms with Gasteiger partial charge in [0.25, 0.3) is 5.91 Å². The van der Waals surface area contributed by atoms with Crippen LogP contribution in [0.25, 0.3) is 0 Å². The van der Waals surface area contributed by atoms with Gasteiger partial charge in [0.1, 0.15) is 5.00 Å². The van der Waals surface area contributed by atoms with Crippen molar-refractivity contribution in [2.45, 2.75) is 24.7 Å². The van der Waals surface area contributed by atoms with Gasteiger partial charge in [0.05, 0.1) is 22.8 Å². The van der Waals surface area contributed by atoms with Crippen LogP contribution < -0.4 is 10.6 Å². The molecule has 0 bridgehead atoms. The SMILES string of the molecule is CCOC(=O)NC(=O)c1ccsc1NC(=O)CCCS(=O)(=O)c1ccccc1. The minimum Gasteiger partial charge on any atom is -0.450 e. The lowest BCUT2D eigenvalue weighted by Crippen LogP contribution is -2.31. The molecule has 0 aliphatic heterocycles. The van der Waals surface area contributed by atoms with E-state index in [9.17, 15) is 22.8 Å². The molecule has 1 aromatic carbocycles. The number of carbonyl (C=O) groups excluding carboxylic acids is 3. The first kappa shape index (κ1) is 21.6. The number of sulfone groups is 1. The van der Waals surface area contributed by atoms with Gasteiger partial charge in [-0.25, -0.2) is 13.2 Å². The van der Waals surface area contributed by atoms with E-state index in [0.717, 1.165) is 11.3 Å². The summed E-state index contributed by atoms with van der Waals surface area (Å²) in [5, 5.41) is 6.50. The van der Waals surface area contributed by atoms with Gasteiger partial charge in [0, 0.05) is 6.42 Å². The molecule has 0 spiro atoms. The van der Waals surface area contributed by atoms with E-state index >= 15 is 0 Å². The minimum atomic E-state index is -3.45. The van der Waals surface area contributed by atoms with Gasteiger partial charge in [-0.15, -0.1) is 11.3 Å². The fourth-order valence-corrected chi connectivity index (χ4v) is 4.40. The maximum Gasteiger partial charge on any atom is 0.414 e. The van der Waals surface area contributed by atoms with Crippen molar-refractivity contribution in [1.82, 2.24) is 5.32 Å². The van der Waals surface area contributed by atoms with Crippen LogP contribution in [0.1, 0.15) is 30.1 Å². The summed E-state index contributed by atoms with van der Waals surface area (Å²) >= 11 is 1.12. The predicted octanol–water partition coefficient (Wildman–Crippen LogP) is 2.83. The number of ether oxygens (including phenoxy) is 1. The molecule has 1 aromatic heterocycles. The highest BCUT2D eigenvalue weighted by atomic mass is 32.2. The Hall–Kier alpha value is -2.72. The molecule has 28 heavy (non-hydrogen) atoms. The molecule has 2 rings (SSSR count). The van der Waals surface area contributed by atoms with Crippen LogP contribution in [0.3, 0.4) is 0 Å². The van der Waals surface area contributed by atoms with Gasteiger partial charge in [-0.1, -0.05) is 18.2 Å². The van der Waals surface area contributed by atoms with Crippen LogP contribution in [0.4, 0.5) is 9.80 Å². The van der Waals surface area contributed by atoms with Gasteiger partial charge < -0.3 is 10.1 Å². The third kappa shape index (κ3) is 6.17. The van der Waals surface area contributed by atoms with Crippen LogP contribution in [0.2, 0.25) is 0 Å². The van der Waals surface area contributed by atoms with E-state index < -0.39 is 27.7 Å². The summed E-state index contributed by atoms with van der Waals surface area (Å²) < 4.78 is 29.0. The summed E-state index contributed by atoms with van der Waals surface area (Å²) in [5.74, 6) is -1.28. The van der Waals surface area contributed by atoms with E-state index in [1.165, 1.54) is 18.2 Å². The number of hydrogen-bond donors (Lipinski definition) is 2. The van der Waals surface area contributed by atoms with E-state index in [4.69, 9.17) is 0 Å². The number of imide groups is 1. The fraction of sp³-hybridized carbons (Fsp3) is 0.278. The molecule has 10 heteroatoms. The van der Waals surface area contributed by atoms with Crippen LogP contribution in [0, 0.1) is 0 Å². The molecule has 8 nitrogen and oxygen atoms in total. The molecule has 0 fully saturated rings. The molecule has 3 amide bonds. The van der Waals surface area contributed by atoms with Crippen molar-refractivity contribution in [3.05, 3.63) is 47.3 Å². The van der Waals surface area contributed by atoms with E-state index in [2.05, 4.69) is 15.4 Å². The monoisotopic (exact) mass is 424 g/mol. The second kappa shape index (κ2) is 10.00. The van der Waals surface area contributed by atoms with Gasteiger partial charge in [-0.2, -0.15) is 0 Å². The Labute approximate surface area is 166 Å². The number of benzene rings is 1. The molecule has 0 unspecified atom stereocenters. The first-order chi connectivity index (χ1) is 13.3. The van der Waals surface area contributed by atoms with Crippen LogP contribution in [-0.4, -0.2) is 38.7 Å². The number of carbonyl (C=O) groups is 3. The molecule has 0 aliphatic rings. The van der Waals surface area contributed by atoms with Crippen LogP contribution in [0.5, 0.6) is 0 Å². The van der Waals surface area contributed by atoms with Crippen LogP contribution in [0.15, 0.2) is 46.7 Å². The molecule has 0 saturated carbocycles. The molecule has 0 atom stereocenters. The maximum atomic E-state index is 12.2. The van der Waals surface area contributed by atoms with Crippen molar-refractivity contribution >= 4 is 44.1 Å². The zero-order valence-corrected chi connectivity index (χ0v) is 16.8. The highest BCUT2D eigenvalue weighted by molar-refractivity contribution is 7.91. The average Bonchev–Trinajstić information content (AvgIpc) is 3.10. The molecule has 0 saturated heterocycles. The summed E-state index contributed by atoms with van der Waals surface area (Å²) in [7, 11) is -3.45. The van der Waals surface area contributed by atoms with Crippen molar-refractivity contribution in [2.75, 3.05) is 17.7 Å². The van der Waals surface area contributed by atoms with Gasteiger partial charge in [0.15, 0.2) is 9.84 Å². The fourth-order valence-electron chi connectivity index (χ4n) is 2.27. The Kier molecular flexibility index (Phi) is 7.70. The third-order valence-electron chi connectivity index (χ3n) is 3.57. The van der Waals surface area contributed by atoms with E-state index in [0.29, 0.717) is 0 Å². The molecule has 150 valence electrons. The highest BCUT2D eigenvalue weighted by Gasteiger charge is 2.19. The average molecular weight is 425 g/mol. The maximum absolute atomic E-state index is 12.2. The van der Waals surface area contributed by atoms with Crippen molar-refractivity contribution in [1.29, 1.82) is 0 Å².